The van der Waals surface area contributed by atoms with Gasteiger partial charge in [-0.2, -0.15) is 0 Å². The monoisotopic (exact) mass is 295 g/mol. The molecule has 20 heavy (non-hydrogen) atoms. The van der Waals surface area contributed by atoms with Gasteiger partial charge in [-0.1, -0.05) is 13.3 Å². The van der Waals surface area contributed by atoms with Crippen molar-refractivity contribution in [2.75, 3.05) is 12.4 Å². The number of aliphatic imine (C=N–C) groups is 1. The van der Waals surface area contributed by atoms with E-state index < -0.39 is 12.0 Å². The largest absolute Gasteiger partial charge is 0.507 e. The number of benzene rings is 1. The fraction of sp³-hybridized carbons (Fsp3) is 0.429. The number of ether oxygens (including phenoxy) is 1. The third kappa shape index (κ3) is 3.45. The van der Waals surface area contributed by atoms with E-state index in [-0.39, 0.29) is 5.75 Å². The standard InChI is InChI=1S/C14H17NO4S/c1-2-3-6-19-9-4-5-10(12(16)7-9)13-15-11(8-20-13)14(17)18/h4-5,7,11,16H,2-3,6,8H2,1H3,(H,17,18)/t11-/m1/s1. The number of hydrogen-bond donors (Lipinski definition) is 2. The van der Waals surface area contributed by atoms with Crippen molar-refractivity contribution in [1.29, 1.82) is 0 Å². The van der Waals surface area contributed by atoms with Crippen LogP contribution in [0.5, 0.6) is 11.5 Å². The van der Waals surface area contributed by atoms with Crippen LogP contribution >= 0.6 is 11.8 Å². The Bertz CT molecular complexity index is 530. The van der Waals surface area contributed by atoms with Crippen molar-refractivity contribution in [1.82, 2.24) is 0 Å². The summed E-state index contributed by atoms with van der Waals surface area (Å²) in [7, 11) is 0. The third-order valence-corrected chi connectivity index (χ3v) is 3.98. The molecule has 0 radical (unpaired) electrons. The quantitative estimate of drug-likeness (QED) is 0.788. The van der Waals surface area contributed by atoms with Crippen molar-refractivity contribution in [3.8, 4) is 11.5 Å². The molecule has 6 heteroatoms. The van der Waals surface area contributed by atoms with E-state index in [1.807, 2.05) is 0 Å². The molecule has 0 unspecified atom stereocenters. The Morgan fingerprint density at radius 1 is 1.55 bits per heavy atom. The predicted octanol–water partition coefficient (Wildman–Crippen LogP) is 2.52. The molecule has 2 N–H and O–H groups in total. The van der Waals surface area contributed by atoms with Crippen LogP contribution in [0.15, 0.2) is 23.2 Å². The molecule has 2 rings (SSSR count). The lowest BCUT2D eigenvalue weighted by atomic mass is 10.2. The Kier molecular flexibility index (Phi) is 4.89. The molecule has 1 aromatic carbocycles. The van der Waals surface area contributed by atoms with Crippen molar-refractivity contribution < 1.29 is 19.7 Å². The Balaban J connectivity index is 2.10. The van der Waals surface area contributed by atoms with Gasteiger partial charge in [0.1, 0.15) is 16.5 Å². The first-order valence-corrected chi connectivity index (χ1v) is 7.50. The van der Waals surface area contributed by atoms with Crippen LogP contribution in [0.1, 0.15) is 25.3 Å². The number of nitrogens with zero attached hydrogens (tertiary/aromatic N) is 1. The topological polar surface area (TPSA) is 79.1 Å². The van der Waals surface area contributed by atoms with E-state index in [4.69, 9.17) is 9.84 Å². The van der Waals surface area contributed by atoms with Crippen molar-refractivity contribution >= 4 is 22.8 Å². The van der Waals surface area contributed by atoms with Crippen LogP contribution in [0.2, 0.25) is 0 Å². The number of carboxylic acids is 1. The van der Waals surface area contributed by atoms with Crippen LogP contribution < -0.4 is 4.74 Å². The Hall–Kier alpha value is -1.69. The number of aromatic hydroxyl groups is 1. The second-order valence-electron chi connectivity index (χ2n) is 4.48. The number of carbonyl (C=O) groups is 1. The van der Waals surface area contributed by atoms with Gasteiger partial charge in [-0.05, 0) is 18.6 Å². The van der Waals surface area contributed by atoms with Crippen LogP contribution in [-0.4, -0.2) is 39.6 Å². The normalized spacial score (nSPS) is 17.9. The first-order chi connectivity index (χ1) is 9.61. The molecular weight excluding hydrogens is 278 g/mol. The first kappa shape index (κ1) is 14.7. The third-order valence-electron chi connectivity index (χ3n) is 2.90. The minimum absolute atomic E-state index is 0.0660. The zero-order valence-electron chi connectivity index (χ0n) is 11.2. The SMILES string of the molecule is CCCCOc1ccc(C2=N[C@@H](C(=O)O)CS2)c(O)c1. The molecule has 0 amide bonds. The first-order valence-electron chi connectivity index (χ1n) is 6.51. The summed E-state index contributed by atoms with van der Waals surface area (Å²) in [5, 5.41) is 19.5. The number of hydrogen-bond acceptors (Lipinski definition) is 5. The van der Waals surface area contributed by atoms with Gasteiger partial charge in [0.2, 0.25) is 0 Å². The Morgan fingerprint density at radius 3 is 2.95 bits per heavy atom. The molecule has 0 spiro atoms. The summed E-state index contributed by atoms with van der Waals surface area (Å²) >= 11 is 1.34. The Labute approximate surface area is 121 Å². The van der Waals surface area contributed by atoms with E-state index in [1.165, 1.54) is 11.8 Å². The zero-order valence-corrected chi connectivity index (χ0v) is 12.0. The van der Waals surface area contributed by atoms with Gasteiger partial charge in [-0.25, -0.2) is 4.79 Å². The van der Waals surface area contributed by atoms with E-state index in [1.54, 1.807) is 18.2 Å². The van der Waals surface area contributed by atoms with E-state index in [0.717, 1.165) is 12.8 Å². The molecule has 1 atom stereocenters. The molecule has 0 aromatic heterocycles. The number of phenols is 1. The lowest BCUT2D eigenvalue weighted by Crippen LogP contribution is -2.17. The average Bonchev–Trinajstić information content (AvgIpc) is 2.89. The fourth-order valence-electron chi connectivity index (χ4n) is 1.76. The second-order valence-corrected chi connectivity index (χ2v) is 5.49. The molecule has 108 valence electrons. The van der Waals surface area contributed by atoms with Crippen LogP contribution in [0.4, 0.5) is 0 Å². The summed E-state index contributed by atoms with van der Waals surface area (Å²) in [5.41, 5.74) is 0.557. The number of aliphatic carboxylic acids is 1. The van der Waals surface area contributed by atoms with Crippen molar-refractivity contribution in [3.63, 3.8) is 0 Å². The average molecular weight is 295 g/mol. The summed E-state index contributed by atoms with van der Waals surface area (Å²) < 4.78 is 5.50. The summed E-state index contributed by atoms with van der Waals surface area (Å²) in [6.45, 7) is 2.70. The summed E-state index contributed by atoms with van der Waals surface area (Å²) in [5.74, 6) is 0.139. The van der Waals surface area contributed by atoms with Gasteiger partial charge in [0.25, 0.3) is 0 Å². The lowest BCUT2D eigenvalue weighted by molar-refractivity contribution is -0.137. The molecule has 0 fully saturated rings. The highest BCUT2D eigenvalue weighted by Crippen LogP contribution is 2.31. The lowest BCUT2D eigenvalue weighted by Gasteiger charge is -2.08. The minimum Gasteiger partial charge on any atom is -0.507 e. The maximum Gasteiger partial charge on any atom is 0.329 e. The highest BCUT2D eigenvalue weighted by atomic mass is 32.2. The fourth-order valence-corrected chi connectivity index (χ4v) is 2.83. The number of rotatable bonds is 6. The van der Waals surface area contributed by atoms with Crippen molar-refractivity contribution in [2.24, 2.45) is 4.99 Å². The van der Waals surface area contributed by atoms with Crippen LogP contribution in [0.25, 0.3) is 0 Å². The van der Waals surface area contributed by atoms with Gasteiger partial charge in [0.05, 0.1) is 6.61 Å². The van der Waals surface area contributed by atoms with E-state index in [0.29, 0.717) is 28.7 Å². The van der Waals surface area contributed by atoms with Crippen LogP contribution in [0.3, 0.4) is 0 Å². The number of unbranched alkanes of at least 4 members (excludes halogenated alkanes) is 1. The van der Waals surface area contributed by atoms with Crippen molar-refractivity contribution in [2.45, 2.75) is 25.8 Å². The smallest absolute Gasteiger partial charge is 0.329 e. The van der Waals surface area contributed by atoms with Gasteiger partial charge in [-0.3, -0.25) is 4.99 Å². The summed E-state index contributed by atoms with van der Waals surface area (Å²) in [6, 6.07) is 4.30. The molecule has 0 saturated carbocycles. The molecule has 1 heterocycles. The van der Waals surface area contributed by atoms with E-state index in [2.05, 4.69) is 11.9 Å². The molecule has 0 bridgehead atoms. The maximum absolute atomic E-state index is 10.9. The number of carboxylic acid groups (broad SMARTS) is 1. The Morgan fingerprint density at radius 2 is 2.35 bits per heavy atom. The molecule has 1 aromatic rings. The van der Waals surface area contributed by atoms with E-state index in [9.17, 15) is 9.90 Å². The molecule has 1 aliphatic rings. The molecule has 1 aliphatic heterocycles. The van der Waals surface area contributed by atoms with Crippen LogP contribution in [-0.2, 0) is 4.79 Å². The van der Waals surface area contributed by atoms with E-state index >= 15 is 0 Å². The van der Waals surface area contributed by atoms with Gasteiger partial charge >= 0.3 is 5.97 Å². The predicted molar refractivity (Wildman–Crippen MR) is 78.9 cm³/mol. The van der Waals surface area contributed by atoms with Gasteiger partial charge in [0.15, 0.2) is 6.04 Å². The van der Waals surface area contributed by atoms with Crippen LogP contribution in [0, 0.1) is 0 Å². The highest BCUT2D eigenvalue weighted by molar-refractivity contribution is 8.14. The van der Waals surface area contributed by atoms with Gasteiger partial charge in [-0.15, -0.1) is 11.8 Å². The van der Waals surface area contributed by atoms with Gasteiger partial charge < -0.3 is 14.9 Å². The highest BCUT2D eigenvalue weighted by Gasteiger charge is 2.26. The second kappa shape index (κ2) is 6.65. The molecule has 0 saturated heterocycles. The maximum atomic E-state index is 10.9. The number of thioether (sulfide) groups is 1. The zero-order chi connectivity index (χ0) is 14.5. The minimum atomic E-state index is -0.938. The molecular formula is C14H17NO4S. The van der Waals surface area contributed by atoms with Gasteiger partial charge in [0, 0.05) is 17.4 Å². The molecule has 0 aliphatic carbocycles. The summed E-state index contributed by atoms with van der Waals surface area (Å²) in [6.07, 6.45) is 2.01. The summed E-state index contributed by atoms with van der Waals surface area (Å²) in [4.78, 5) is 15.0. The number of phenolic OH excluding ortho intramolecular Hbond substituents is 1. The van der Waals surface area contributed by atoms with Crippen molar-refractivity contribution in [3.05, 3.63) is 23.8 Å². The molecule has 5 nitrogen and oxygen atoms in total.